The highest BCUT2D eigenvalue weighted by molar-refractivity contribution is 6.31. The number of aromatic nitrogens is 1. The van der Waals surface area contributed by atoms with E-state index in [0.29, 0.717) is 31.1 Å². The summed E-state index contributed by atoms with van der Waals surface area (Å²) in [6, 6.07) is 18.5. The van der Waals surface area contributed by atoms with E-state index in [1.165, 1.54) is 24.3 Å². The molecular formula is C28H25ClFN5O3. The van der Waals surface area contributed by atoms with E-state index in [-0.39, 0.29) is 5.75 Å². The van der Waals surface area contributed by atoms with Gasteiger partial charge in [-0.15, -0.1) is 5.53 Å². The number of hydrogen-bond acceptors (Lipinski definition) is 6. The maximum absolute atomic E-state index is 13.4. The Bertz CT molecular complexity index is 1490. The van der Waals surface area contributed by atoms with Crippen LogP contribution in [0.15, 0.2) is 79.1 Å². The van der Waals surface area contributed by atoms with E-state index >= 15 is 0 Å². The second kappa shape index (κ2) is 10.3. The van der Waals surface area contributed by atoms with Crippen molar-refractivity contribution in [2.24, 2.45) is 0 Å². The standard InChI is InChI=1S/C28H25ClFN5O3/c29-19-3-10-25-24(17-19)23-11-13-35(28(36)38-22-8-4-20(30)5-9-22)27(26(23)32-25)18-1-6-21(7-2-18)37-16-15-34-14-12-31-33-34/h1-10,12,14,17,27,31-33H,11,13,15-16H2. The van der Waals surface area contributed by atoms with Crippen molar-refractivity contribution < 1.29 is 18.7 Å². The fourth-order valence-corrected chi connectivity index (χ4v) is 5.06. The number of nitrogens with one attached hydrogen (secondary N) is 3. The first-order chi connectivity index (χ1) is 18.5. The predicted molar refractivity (Wildman–Crippen MR) is 142 cm³/mol. The summed E-state index contributed by atoms with van der Waals surface area (Å²) in [7, 11) is 0. The molecule has 0 radical (unpaired) electrons. The van der Waals surface area contributed by atoms with Crippen LogP contribution in [0.5, 0.6) is 11.5 Å². The fraction of sp³-hybridized carbons (Fsp3) is 0.179. The van der Waals surface area contributed by atoms with Crippen molar-refractivity contribution in [3.8, 4) is 11.5 Å². The Balaban J connectivity index is 1.29. The summed E-state index contributed by atoms with van der Waals surface area (Å²) in [5.74, 6) is 0.615. The molecular weight excluding hydrogens is 509 g/mol. The van der Waals surface area contributed by atoms with Crippen molar-refractivity contribution in [1.82, 2.24) is 25.9 Å². The zero-order valence-electron chi connectivity index (χ0n) is 20.3. The summed E-state index contributed by atoms with van der Waals surface area (Å²) in [6.45, 7) is 1.60. The van der Waals surface area contributed by atoms with Crippen molar-refractivity contribution in [2.75, 3.05) is 19.7 Å². The van der Waals surface area contributed by atoms with Crippen molar-refractivity contribution in [2.45, 2.75) is 12.5 Å². The number of carbonyl (C=O) groups is 1. The van der Waals surface area contributed by atoms with Gasteiger partial charge in [-0.25, -0.2) is 9.18 Å². The molecule has 1 aromatic heterocycles. The third-order valence-electron chi connectivity index (χ3n) is 6.69. The number of amides is 1. The number of ether oxygens (including phenoxy) is 2. The average Bonchev–Trinajstić information content (AvgIpc) is 3.57. The maximum Gasteiger partial charge on any atom is 0.416 e. The monoisotopic (exact) mass is 533 g/mol. The van der Waals surface area contributed by atoms with Crippen LogP contribution in [0.3, 0.4) is 0 Å². The van der Waals surface area contributed by atoms with Gasteiger partial charge in [0.15, 0.2) is 0 Å². The third kappa shape index (κ3) is 4.85. The molecule has 0 bridgehead atoms. The van der Waals surface area contributed by atoms with Gasteiger partial charge < -0.3 is 19.9 Å². The Morgan fingerprint density at radius 3 is 2.61 bits per heavy atom. The molecule has 2 aliphatic heterocycles. The van der Waals surface area contributed by atoms with Gasteiger partial charge in [0, 0.05) is 40.6 Å². The van der Waals surface area contributed by atoms with Gasteiger partial charge >= 0.3 is 6.09 Å². The molecule has 1 amide bonds. The Labute approximate surface area is 223 Å². The number of carbonyl (C=O) groups excluding carboxylic acids is 1. The Hall–Kier alpha value is -4.21. The summed E-state index contributed by atoms with van der Waals surface area (Å²) < 4.78 is 24.9. The van der Waals surface area contributed by atoms with E-state index in [4.69, 9.17) is 21.1 Å². The van der Waals surface area contributed by atoms with Gasteiger partial charge in [-0.1, -0.05) is 23.7 Å². The van der Waals surface area contributed by atoms with Crippen LogP contribution >= 0.6 is 11.6 Å². The van der Waals surface area contributed by atoms with Crippen LogP contribution in [0.1, 0.15) is 22.9 Å². The minimum Gasteiger partial charge on any atom is -0.492 e. The summed E-state index contributed by atoms with van der Waals surface area (Å²) in [5.41, 5.74) is 9.75. The van der Waals surface area contributed by atoms with Crippen molar-refractivity contribution in [3.05, 3.63) is 107 Å². The topological polar surface area (TPSA) is 81.9 Å². The number of hydrazine groups is 2. The molecule has 194 valence electrons. The van der Waals surface area contributed by atoms with Gasteiger partial charge in [-0.3, -0.25) is 9.91 Å². The van der Waals surface area contributed by atoms with Crippen LogP contribution in [0.4, 0.5) is 9.18 Å². The highest BCUT2D eigenvalue weighted by Gasteiger charge is 2.35. The molecule has 6 rings (SSSR count). The van der Waals surface area contributed by atoms with E-state index < -0.39 is 18.0 Å². The first-order valence-electron chi connectivity index (χ1n) is 12.3. The van der Waals surface area contributed by atoms with Gasteiger partial charge in [0.25, 0.3) is 0 Å². The molecule has 0 fully saturated rings. The molecule has 3 aromatic carbocycles. The van der Waals surface area contributed by atoms with E-state index in [1.807, 2.05) is 53.7 Å². The lowest BCUT2D eigenvalue weighted by atomic mass is 9.92. The van der Waals surface area contributed by atoms with Crippen molar-refractivity contribution >= 4 is 28.6 Å². The van der Waals surface area contributed by atoms with Crippen LogP contribution in [0.25, 0.3) is 10.9 Å². The second-order valence-electron chi connectivity index (χ2n) is 9.06. The van der Waals surface area contributed by atoms with Crippen molar-refractivity contribution in [3.63, 3.8) is 0 Å². The molecule has 1 atom stereocenters. The third-order valence-corrected chi connectivity index (χ3v) is 6.92. The smallest absolute Gasteiger partial charge is 0.416 e. The Morgan fingerprint density at radius 2 is 1.84 bits per heavy atom. The second-order valence-corrected chi connectivity index (χ2v) is 9.49. The number of nitrogens with zero attached hydrogens (tertiary/aromatic N) is 2. The molecule has 0 aliphatic carbocycles. The molecule has 3 heterocycles. The van der Waals surface area contributed by atoms with E-state index in [1.54, 1.807) is 11.1 Å². The van der Waals surface area contributed by atoms with Crippen LogP contribution in [0.2, 0.25) is 5.02 Å². The number of hydrogen-bond donors (Lipinski definition) is 3. The molecule has 38 heavy (non-hydrogen) atoms. The number of benzene rings is 3. The van der Waals surface area contributed by atoms with Gasteiger partial charge in [0.05, 0.1) is 6.54 Å². The van der Waals surface area contributed by atoms with E-state index in [2.05, 4.69) is 15.9 Å². The number of fused-ring (bicyclic) bond motifs is 3. The first-order valence-corrected chi connectivity index (χ1v) is 12.6. The molecule has 0 saturated carbocycles. The molecule has 2 aliphatic rings. The zero-order chi connectivity index (χ0) is 26.1. The van der Waals surface area contributed by atoms with Gasteiger partial charge in [-0.05, 0) is 72.1 Å². The Morgan fingerprint density at radius 1 is 1.05 bits per heavy atom. The normalized spacial score (nSPS) is 16.4. The van der Waals surface area contributed by atoms with Crippen molar-refractivity contribution in [1.29, 1.82) is 0 Å². The zero-order valence-corrected chi connectivity index (χ0v) is 21.0. The molecule has 3 N–H and O–H groups in total. The predicted octanol–water partition coefficient (Wildman–Crippen LogP) is 5.28. The molecule has 10 heteroatoms. The summed E-state index contributed by atoms with van der Waals surface area (Å²) >= 11 is 6.30. The lowest BCUT2D eigenvalue weighted by Gasteiger charge is -2.35. The minimum atomic E-state index is -0.510. The average molecular weight is 534 g/mol. The summed E-state index contributed by atoms with van der Waals surface area (Å²) in [5, 5.41) is 3.58. The minimum absolute atomic E-state index is 0.283. The van der Waals surface area contributed by atoms with E-state index in [0.717, 1.165) is 33.5 Å². The number of H-pyrrole nitrogens is 1. The molecule has 0 saturated heterocycles. The lowest BCUT2D eigenvalue weighted by molar-refractivity contribution is 0.135. The van der Waals surface area contributed by atoms with Gasteiger partial charge in [-0.2, -0.15) is 0 Å². The van der Waals surface area contributed by atoms with E-state index in [9.17, 15) is 9.18 Å². The summed E-state index contributed by atoms with van der Waals surface area (Å²) in [6.07, 6.45) is 3.82. The number of rotatable bonds is 6. The molecule has 8 nitrogen and oxygen atoms in total. The van der Waals surface area contributed by atoms with Crippen LogP contribution in [-0.4, -0.2) is 40.7 Å². The van der Waals surface area contributed by atoms with Gasteiger partial charge in [0.2, 0.25) is 0 Å². The summed E-state index contributed by atoms with van der Waals surface area (Å²) in [4.78, 5) is 18.6. The number of aromatic amines is 1. The highest BCUT2D eigenvalue weighted by Crippen LogP contribution is 2.40. The lowest BCUT2D eigenvalue weighted by Crippen LogP contribution is -2.42. The fourth-order valence-electron chi connectivity index (χ4n) is 4.89. The molecule has 0 spiro atoms. The Kier molecular flexibility index (Phi) is 6.53. The number of halogens is 2. The van der Waals surface area contributed by atoms with Gasteiger partial charge in [0.1, 0.15) is 30.0 Å². The van der Waals surface area contributed by atoms with Crippen LogP contribution < -0.4 is 20.4 Å². The first kappa shape index (κ1) is 24.1. The SMILES string of the molecule is O=C(Oc1ccc(F)cc1)N1CCc2c([nH]c3ccc(Cl)cc23)C1c1ccc(OCCN2C=CNN2)cc1. The largest absolute Gasteiger partial charge is 0.492 e. The maximum atomic E-state index is 13.4. The molecule has 1 unspecified atom stereocenters. The highest BCUT2D eigenvalue weighted by atomic mass is 35.5. The molecule has 4 aromatic rings. The van der Waals surface area contributed by atoms with Crippen LogP contribution in [0, 0.1) is 5.82 Å². The quantitative estimate of drug-likeness (QED) is 0.313. The van der Waals surface area contributed by atoms with Crippen LogP contribution in [-0.2, 0) is 6.42 Å².